The zero-order valence-corrected chi connectivity index (χ0v) is 5.97. The Morgan fingerprint density at radius 3 is 2.09 bits per heavy atom. The monoisotopic (exact) mass is 164 g/mol. The molecule has 0 saturated carbocycles. The van der Waals surface area contributed by atoms with Crippen LogP contribution in [0.2, 0.25) is 0 Å². The molecule has 0 spiro atoms. The van der Waals surface area contributed by atoms with Gasteiger partial charge >= 0.3 is 0 Å². The van der Waals surface area contributed by atoms with Crippen molar-refractivity contribution in [2.45, 2.75) is 18.6 Å². The summed E-state index contributed by atoms with van der Waals surface area (Å²) in [4.78, 5) is 10.4. The van der Waals surface area contributed by atoms with Crippen molar-refractivity contribution < 1.29 is 25.2 Å². The number of rotatable bonds is 5. The van der Waals surface area contributed by atoms with Gasteiger partial charge in [0.1, 0.15) is 12.7 Å². The fraction of sp³-hybridized carbons (Fsp3) is 0.833. The lowest BCUT2D eigenvalue weighted by Gasteiger charge is -2.13. The van der Waals surface area contributed by atoms with Crippen molar-refractivity contribution in [3.8, 4) is 0 Å². The summed E-state index contributed by atoms with van der Waals surface area (Å²) in [6, 6.07) is 0. The molecule has 0 unspecified atom stereocenters. The number of ketones is 1. The average Bonchev–Trinajstić information content (AvgIpc) is 2.02. The van der Waals surface area contributed by atoms with Crippen LogP contribution >= 0.6 is 0 Å². The van der Waals surface area contributed by atoms with E-state index in [2.05, 4.69) is 0 Å². The highest BCUT2D eigenvalue weighted by Crippen LogP contribution is 1.98. The van der Waals surface area contributed by atoms with Crippen LogP contribution in [0.4, 0.5) is 0 Å². The van der Waals surface area contributed by atoms with Gasteiger partial charge in [0, 0.05) is 6.42 Å². The van der Waals surface area contributed by atoms with Crippen molar-refractivity contribution >= 4 is 5.78 Å². The molecule has 0 bridgehead atoms. The van der Waals surface area contributed by atoms with E-state index in [1.165, 1.54) is 0 Å². The van der Waals surface area contributed by atoms with Gasteiger partial charge < -0.3 is 20.4 Å². The lowest BCUT2D eigenvalue weighted by atomic mass is 10.1. The first-order chi connectivity index (χ1) is 5.11. The van der Waals surface area contributed by atoms with Crippen LogP contribution in [0.15, 0.2) is 0 Å². The Labute approximate surface area is 63.9 Å². The van der Waals surface area contributed by atoms with Gasteiger partial charge in [-0.25, -0.2) is 0 Å². The second-order valence-electron chi connectivity index (χ2n) is 2.22. The Hall–Kier alpha value is -0.490. The molecule has 0 aliphatic heterocycles. The third-order valence-electron chi connectivity index (χ3n) is 1.24. The van der Waals surface area contributed by atoms with E-state index in [-0.39, 0.29) is 6.42 Å². The van der Waals surface area contributed by atoms with E-state index in [1.54, 1.807) is 0 Å². The summed E-state index contributed by atoms with van der Waals surface area (Å²) in [6.07, 6.45) is -2.94. The minimum absolute atomic E-state index is 0.335. The maximum absolute atomic E-state index is 10.4. The number of aliphatic hydroxyl groups is 4. The Morgan fingerprint density at radius 1 is 1.18 bits per heavy atom. The van der Waals surface area contributed by atoms with Crippen LogP contribution in [0.5, 0.6) is 0 Å². The lowest BCUT2D eigenvalue weighted by Crippen LogP contribution is -2.31. The summed E-state index contributed by atoms with van der Waals surface area (Å²) in [5.41, 5.74) is 0. The molecule has 5 heteroatoms. The van der Waals surface area contributed by atoms with Crippen molar-refractivity contribution in [3.05, 3.63) is 0 Å². The summed E-state index contributed by atoms with van der Waals surface area (Å²) in [5.74, 6) is -0.565. The van der Waals surface area contributed by atoms with Crippen LogP contribution in [-0.4, -0.2) is 51.6 Å². The van der Waals surface area contributed by atoms with Gasteiger partial charge in [-0.05, 0) is 0 Å². The van der Waals surface area contributed by atoms with Gasteiger partial charge in [-0.1, -0.05) is 0 Å². The molecule has 0 radical (unpaired) electrons. The molecule has 0 aromatic carbocycles. The van der Waals surface area contributed by atoms with E-state index in [9.17, 15) is 4.79 Å². The first-order valence-electron chi connectivity index (χ1n) is 3.21. The zero-order chi connectivity index (χ0) is 8.85. The molecule has 0 aliphatic carbocycles. The molecule has 4 N–H and O–H groups in total. The van der Waals surface area contributed by atoms with Gasteiger partial charge in [0.05, 0.1) is 12.7 Å². The first-order valence-corrected chi connectivity index (χ1v) is 3.21. The minimum atomic E-state index is -1.31. The highest BCUT2D eigenvalue weighted by molar-refractivity contribution is 5.79. The topological polar surface area (TPSA) is 98.0 Å². The SMILES string of the molecule is O=C(CO)C[C@H](O)[C@@H](O)CO. The van der Waals surface area contributed by atoms with Crippen LogP contribution in [-0.2, 0) is 4.79 Å². The van der Waals surface area contributed by atoms with Crippen LogP contribution in [0.25, 0.3) is 0 Å². The molecule has 0 fully saturated rings. The van der Waals surface area contributed by atoms with E-state index >= 15 is 0 Å². The van der Waals surface area contributed by atoms with Gasteiger partial charge in [0.2, 0.25) is 0 Å². The van der Waals surface area contributed by atoms with Crippen molar-refractivity contribution in [2.24, 2.45) is 0 Å². The summed E-state index contributed by atoms with van der Waals surface area (Å²) in [5, 5.41) is 34.2. The number of hydrogen-bond donors (Lipinski definition) is 4. The van der Waals surface area contributed by atoms with Crippen LogP contribution < -0.4 is 0 Å². The van der Waals surface area contributed by atoms with E-state index in [0.717, 1.165) is 0 Å². The van der Waals surface area contributed by atoms with Gasteiger partial charge in [-0.15, -0.1) is 0 Å². The summed E-state index contributed by atoms with van der Waals surface area (Å²) >= 11 is 0. The lowest BCUT2D eigenvalue weighted by molar-refractivity contribution is -0.126. The number of carbonyl (C=O) groups excluding carboxylic acids is 1. The highest BCUT2D eigenvalue weighted by Gasteiger charge is 2.17. The summed E-state index contributed by atoms with van der Waals surface area (Å²) in [6.45, 7) is -1.25. The molecule has 0 saturated heterocycles. The number of aliphatic hydroxyl groups excluding tert-OH is 4. The largest absolute Gasteiger partial charge is 0.394 e. The van der Waals surface area contributed by atoms with Crippen molar-refractivity contribution in [1.82, 2.24) is 0 Å². The fourth-order valence-corrected chi connectivity index (χ4v) is 0.556. The Bertz CT molecular complexity index is 124. The molecule has 66 valence electrons. The van der Waals surface area contributed by atoms with Gasteiger partial charge in [0.15, 0.2) is 5.78 Å². The molecule has 2 atom stereocenters. The van der Waals surface area contributed by atoms with Crippen molar-refractivity contribution in [2.75, 3.05) is 13.2 Å². The third kappa shape index (κ3) is 4.05. The number of carbonyl (C=O) groups is 1. The molecular formula is C6H12O5. The van der Waals surface area contributed by atoms with E-state index < -0.39 is 31.2 Å². The van der Waals surface area contributed by atoms with Crippen molar-refractivity contribution in [1.29, 1.82) is 0 Å². The normalized spacial score (nSPS) is 16.0. The molecule has 0 aromatic rings. The molecule has 0 heterocycles. The molecule has 0 rings (SSSR count). The Morgan fingerprint density at radius 2 is 1.73 bits per heavy atom. The molecule has 0 aliphatic rings. The van der Waals surface area contributed by atoms with E-state index in [1.807, 2.05) is 0 Å². The van der Waals surface area contributed by atoms with E-state index in [0.29, 0.717) is 0 Å². The predicted molar refractivity (Wildman–Crippen MR) is 35.8 cm³/mol. The number of hydrogen-bond acceptors (Lipinski definition) is 5. The summed E-state index contributed by atoms with van der Waals surface area (Å²) < 4.78 is 0. The van der Waals surface area contributed by atoms with Crippen LogP contribution in [0.1, 0.15) is 6.42 Å². The maximum Gasteiger partial charge on any atom is 0.160 e. The molecule has 11 heavy (non-hydrogen) atoms. The smallest absolute Gasteiger partial charge is 0.160 e. The maximum atomic E-state index is 10.4. The van der Waals surface area contributed by atoms with Crippen LogP contribution in [0, 0.1) is 0 Å². The molecule has 0 amide bonds. The first kappa shape index (κ1) is 10.5. The quantitative estimate of drug-likeness (QED) is 0.365. The number of Topliss-reactive ketones (excluding diaryl/α,β-unsaturated/α-hetero) is 1. The Kier molecular flexibility index (Phi) is 4.97. The van der Waals surface area contributed by atoms with Gasteiger partial charge in [-0.2, -0.15) is 0 Å². The fourth-order valence-electron chi connectivity index (χ4n) is 0.556. The van der Waals surface area contributed by atoms with Crippen LogP contribution in [0.3, 0.4) is 0 Å². The van der Waals surface area contributed by atoms with Gasteiger partial charge in [0.25, 0.3) is 0 Å². The minimum Gasteiger partial charge on any atom is -0.394 e. The Balaban J connectivity index is 3.67. The average molecular weight is 164 g/mol. The second-order valence-corrected chi connectivity index (χ2v) is 2.22. The third-order valence-corrected chi connectivity index (χ3v) is 1.24. The van der Waals surface area contributed by atoms with E-state index in [4.69, 9.17) is 20.4 Å². The van der Waals surface area contributed by atoms with Crippen molar-refractivity contribution in [3.63, 3.8) is 0 Å². The standard InChI is InChI=1S/C6H12O5/c7-2-4(9)1-5(10)6(11)3-8/h5-8,10-11H,1-3H2/t5-,6-/m0/s1. The predicted octanol–water partition coefficient (Wildman–Crippen LogP) is -2.35. The molecular weight excluding hydrogens is 152 g/mol. The molecule has 0 aromatic heterocycles. The highest BCUT2D eigenvalue weighted by atomic mass is 16.4. The summed E-state index contributed by atoms with van der Waals surface area (Å²) in [7, 11) is 0. The second kappa shape index (κ2) is 5.20. The molecule has 5 nitrogen and oxygen atoms in total. The zero-order valence-electron chi connectivity index (χ0n) is 5.97. The van der Waals surface area contributed by atoms with Gasteiger partial charge in [-0.3, -0.25) is 4.79 Å².